The van der Waals surface area contributed by atoms with Crippen LogP contribution in [0.2, 0.25) is 0 Å². The van der Waals surface area contributed by atoms with Gasteiger partial charge in [0.05, 0.1) is 5.69 Å². The number of piperidine rings is 1. The normalized spacial score (nSPS) is 23.6. The van der Waals surface area contributed by atoms with Crippen LogP contribution < -0.4 is 10.2 Å². The Hall–Kier alpha value is -1.16. The van der Waals surface area contributed by atoms with Crippen molar-refractivity contribution in [3.05, 3.63) is 17.8 Å². The Kier molecular flexibility index (Phi) is 5.14. The van der Waals surface area contributed by atoms with Crippen LogP contribution in [-0.4, -0.2) is 29.3 Å². The van der Waals surface area contributed by atoms with Crippen molar-refractivity contribution in [2.75, 3.05) is 18.0 Å². The van der Waals surface area contributed by atoms with Crippen LogP contribution in [0.5, 0.6) is 0 Å². The van der Waals surface area contributed by atoms with Crippen LogP contribution in [0.3, 0.4) is 0 Å². The highest BCUT2D eigenvalue weighted by molar-refractivity contribution is 5.39. The van der Waals surface area contributed by atoms with Crippen LogP contribution in [0, 0.1) is 5.92 Å². The third kappa shape index (κ3) is 3.66. The van der Waals surface area contributed by atoms with Gasteiger partial charge < -0.3 is 10.2 Å². The third-order valence-electron chi connectivity index (χ3n) is 4.11. The summed E-state index contributed by atoms with van der Waals surface area (Å²) in [6, 6.07) is 4.77. The molecule has 1 aromatic rings. The number of rotatable bonds is 5. The van der Waals surface area contributed by atoms with E-state index < -0.39 is 0 Å². The Bertz CT molecular complexity index is 376. The first kappa shape index (κ1) is 14.3. The molecule has 106 valence electrons. The van der Waals surface area contributed by atoms with Gasteiger partial charge in [-0.2, -0.15) is 5.10 Å². The lowest BCUT2D eigenvalue weighted by molar-refractivity contribution is 0.361. The molecule has 0 aliphatic carbocycles. The van der Waals surface area contributed by atoms with E-state index in [1.807, 2.05) is 0 Å². The molecular formula is C15H26N4. The second-order valence-corrected chi connectivity index (χ2v) is 5.61. The van der Waals surface area contributed by atoms with Gasteiger partial charge in [0.2, 0.25) is 0 Å². The van der Waals surface area contributed by atoms with Crippen LogP contribution in [0.25, 0.3) is 0 Å². The highest BCUT2D eigenvalue weighted by atomic mass is 15.3. The van der Waals surface area contributed by atoms with Gasteiger partial charge in [-0.15, -0.1) is 5.10 Å². The lowest BCUT2D eigenvalue weighted by Crippen LogP contribution is -2.43. The molecule has 1 saturated heterocycles. The van der Waals surface area contributed by atoms with E-state index in [-0.39, 0.29) is 0 Å². The zero-order valence-corrected chi connectivity index (χ0v) is 12.4. The highest BCUT2D eigenvalue weighted by Crippen LogP contribution is 2.26. The third-order valence-corrected chi connectivity index (χ3v) is 4.11. The molecule has 0 radical (unpaired) electrons. The maximum Gasteiger partial charge on any atom is 0.151 e. The molecule has 2 heterocycles. The number of hydrogen-bond acceptors (Lipinski definition) is 4. The van der Waals surface area contributed by atoms with Gasteiger partial charge in [-0.05, 0) is 50.8 Å². The monoisotopic (exact) mass is 262 g/mol. The van der Waals surface area contributed by atoms with E-state index in [4.69, 9.17) is 0 Å². The fourth-order valence-corrected chi connectivity index (χ4v) is 2.65. The average molecular weight is 262 g/mol. The van der Waals surface area contributed by atoms with Gasteiger partial charge in [0.1, 0.15) is 0 Å². The molecule has 4 nitrogen and oxygen atoms in total. The molecule has 0 aromatic carbocycles. The fraction of sp³-hybridized carbons (Fsp3) is 0.733. The van der Waals surface area contributed by atoms with Crippen molar-refractivity contribution in [1.82, 2.24) is 15.5 Å². The Morgan fingerprint density at radius 3 is 2.84 bits per heavy atom. The Labute approximate surface area is 116 Å². The first-order chi connectivity index (χ1) is 9.22. The summed E-state index contributed by atoms with van der Waals surface area (Å²) in [6.07, 6.45) is 3.73. The summed E-state index contributed by atoms with van der Waals surface area (Å²) in [6.45, 7) is 9.74. The number of nitrogens with one attached hydrogen (secondary N) is 1. The van der Waals surface area contributed by atoms with Crippen molar-refractivity contribution >= 4 is 5.82 Å². The number of aromatic nitrogens is 2. The molecule has 0 spiro atoms. The molecular weight excluding hydrogens is 236 g/mol. The molecule has 0 amide bonds. The molecule has 2 rings (SSSR count). The number of nitrogens with zero attached hydrogens (tertiary/aromatic N) is 3. The Morgan fingerprint density at radius 1 is 1.32 bits per heavy atom. The second kappa shape index (κ2) is 6.85. The molecule has 1 aromatic heterocycles. The van der Waals surface area contributed by atoms with Crippen molar-refractivity contribution in [3.8, 4) is 0 Å². The van der Waals surface area contributed by atoms with Crippen molar-refractivity contribution in [2.45, 2.75) is 52.6 Å². The summed E-state index contributed by atoms with van der Waals surface area (Å²) in [5, 5.41) is 12.1. The van der Waals surface area contributed by atoms with Crippen LogP contribution in [0.1, 0.15) is 45.7 Å². The van der Waals surface area contributed by atoms with E-state index in [1.165, 1.54) is 12.8 Å². The molecule has 2 atom stereocenters. The quantitative estimate of drug-likeness (QED) is 0.828. The summed E-state index contributed by atoms with van der Waals surface area (Å²) < 4.78 is 0. The van der Waals surface area contributed by atoms with E-state index >= 15 is 0 Å². The summed E-state index contributed by atoms with van der Waals surface area (Å²) in [7, 11) is 0. The van der Waals surface area contributed by atoms with Crippen molar-refractivity contribution in [3.63, 3.8) is 0 Å². The van der Waals surface area contributed by atoms with E-state index in [1.54, 1.807) is 0 Å². The number of hydrogen-bond donors (Lipinski definition) is 1. The Morgan fingerprint density at radius 2 is 2.16 bits per heavy atom. The first-order valence-corrected chi connectivity index (χ1v) is 7.52. The summed E-state index contributed by atoms with van der Waals surface area (Å²) in [4.78, 5) is 2.39. The minimum absolute atomic E-state index is 0.562. The minimum atomic E-state index is 0.562. The minimum Gasteiger partial charge on any atom is -0.352 e. The van der Waals surface area contributed by atoms with Crippen LogP contribution in [0.15, 0.2) is 12.1 Å². The molecule has 19 heavy (non-hydrogen) atoms. The second-order valence-electron chi connectivity index (χ2n) is 5.61. The maximum atomic E-state index is 4.40. The zero-order valence-electron chi connectivity index (χ0n) is 12.4. The van der Waals surface area contributed by atoms with Crippen molar-refractivity contribution in [2.24, 2.45) is 5.92 Å². The predicted molar refractivity (Wildman–Crippen MR) is 79.2 cm³/mol. The largest absolute Gasteiger partial charge is 0.352 e. The summed E-state index contributed by atoms with van der Waals surface area (Å²) in [5.41, 5.74) is 1.02. The van der Waals surface area contributed by atoms with Gasteiger partial charge in [-0.1, -0.05) is 13.8 Å². The lowest BCUT2D eigenvalue weighted by atomic mass is 9.92. The maximum absolute atomic E-state index is 4.40. The summed E-state index contributed by atoms with van der Waals surface area (Å²) >= 11 is 0. The van der Waals surface area contributed by atoms with E-state index in [0.29, 0.717) is 6.04 Å². The number of anilines is 1. The molecule has 1 aliphatic rings. The van der Waals surface area contributed by atoms with Crippen LogP contribution in [-0.2, 0) is 6.54 Å². The van der Waals surface area contributed by atoms with Gasteiger partial charge >= 0.3 is 0 Å². The van der Waals surface area contributed by atoms with Gasteiger partial charge in [0, 0.05) is 19.1 Å². The SMILES string of the molecule is CCCNCc1ccc(N2CCCC(C)C2C)nn1. The Balaban J connectivity index is 1.97. The summed E-state index contributed by atoms with van der Waals surface area (Å²) in [5.74, 6) is 1.76. The van der Waals surface area contributed by atoms with Gasteiger partial charge in [-0.3, -0.25) is 0 Å². The zero-order chi connectivity index (χ0) is 13.7. The molecule has 1 fully saturated rings. The first-order valence-electron chi connectivity index (χ1n) is 7.52. The van der Waals surface area contributed by atoms with E-state index in [2.05, 4.69) is 53.3 Å². The van der Waals surface area contributed by atoms with Crippen molar-refractivity contribution < 1.29 is 0 Å². The standard InChI is InChI=1S/C15H26N4/c1-4-9-16-11-14-7-8-15(18-17-14)19-10-5-6-12(2)13(19)3/h7-8,12-13,16H,4-6,9-11H2,1-3H3. The average Bonchev–Trinajstić information content (AvgIpc) is 2.43. The molecule has 2 unspecified atom stereocenters. The van der Waals surface area contributed by atoms with Crippen LogP contribution in [0.4, 0.5) is 5.82 Å². The molecule has 1 aliphatic heterocycles. The molecule has 4 heteroatoms. The molecule has 1 N–H and O–H groups in total. The van der Waals surface area contributed by atoms with E-state index in [9.17, 15) is 0 Å². The fourth-order valence-electron chi connectivity index (χ4n) is 2.65. The van der Waals surface area contributed by atoms with Gasteiger partial charge in [-0.25, -0.2) is 0 Å². The van der Waals surface area contributed by atoms with Gasteiger partial charge in [0.15, 0.2) is 5.82 Å². The smallest absolute Gasteiger partial charge is 0.151 e. The van der Waals surface area contributed by atoms with Crippen molar-refractivity contribution in [1.29, 1.82) is 0 Å². The van der Waals surface area contributed by atoms with Gasteiger partial charge in [0.25, 0.3) is 0 Å². The highest BCUT2D eigenvalue weighted by Gasteiger charge is 2.25. The molecule has 0 bridgehead atoms. The van der Waals surface area contributed by atoms with E-state index in [0.717, 1.165) is 43.5 Å². The predicted octanol–water partition coefficient (Wildman–Crippen LogP) is 2.60. The topological polar surface area (TPSA) is 41.0 Å². The molecule has 0 saturated carbocycles. The van der Waals surface area contributed by atoms with Crippen LogP contribution >= 0.6 is 0 Å². The lowest BCUT2D eigenvalue weighted by Gasteiger charge is -2.38.